The van der Waals surface area contributed by atoms with E-state index in [0.717, 1.165) is 10.2 Å². The van der Waals surface area contributed by atoms with Gasteiger partial charge in [-0.1, -0.05) is 35.8 Å². The molecule has 1 unspecified atom stereocenters. The minimum Gasteiger partial charge on any atom is -0.345 e. The van der Waals surface area contributed by atoms with Crippen LogP contribution in [-0.4, -0.2) is 43.4 Å². The summed E-state index contributed by atoms with van der Waals surface area (Å²) in [5.74, 6) is -0.287. The molecule has 2 amide bonds. The Morgan fingerprint density at radius 1 is 1.46 bits per heavy atom. The normalized spacial score (nSPS) is 17.6. The molecular weight excluding hydrogens is 394 g/mol. The van der Waals surface area contributed by atoms with Gasteiger partial charge in [-0.25, -0.2) is 0 Å². The van der Waals surface area contributed by atoms with Crippen LogP contribution in [0.2, 0.25) is 0 Å². The van der Waals surface area contributed by atoms with Crippen LogP contribution in [0.1, 0.15) is 20.3 Å². The largest absolute Gasteiger partial charge is 0.345 e. The van der Waals surface area contributed by atoms with Gasteiger partial charge in [0.05, 0.1) is 5.92 Å². The molecule has 134 valence electrons. The Morgan fingerprint density at radius 2 is 2.12 bits per heavy atom. The zero-order valence-electron chi connectivity index (χ0n) is 14.3. The standard InChI is InChI=1S/C17H24BrN3O2.ClH/c1-17(2,10-19)11-20(3)16(23)12-7-15(22)21(9-12)14-6-4-5-13(18)8-14;/h4-6,8,12H,7,9-11,19H2,1-3H3;1H. The number of hydrogen-bond donors (Lipinski definition) is 1. The molecule has 1 aromatic carbocycles. The van der Waals surface area contributed by atoms with Gasteiger partial charge in [-0.15, -0.1) is 12.4 Å². The van der Waals surface area contributed by atoms with E-state index in [4.69, 9.17) is 5.73 Å². The molecule has 1 fully saturated rings. The second kappa shape index (κ2) is 8.32. The molecule has 0 bridgehead atoms. The highest BCUT2D eigenvalue weighted by atomic mass is 79.9. The van der Waals surface area contributed by atoms with Crippen LogP contribution in [0, 0.1) is 11.3 Å². The third kappa shape index (κ3) is 4.94. The van der Waals surface area contributed by atoms with E-state index in [2.05, 4.69) is 15.9 Å². The van der Waals surface area contributed by atoms with E-state index in [1.165, 1.54) is 0 Å². The van der Waals surface area contributed by atoms with Crippen LogP contribution < -0.4 is 10.6 Å². The number of amides is 2. The van der Waals surface area contributed by atoms with Crippen molar-refractivity contribution in [3.05, 3.63) is 28.7 Å². The molecule has 7 heteroatoms. The van der Waals surface area contributed by atoms with Gasteiger partial charge in [0, 0.05) is 36.7 Å². The predicted molar refractivity (Wildman–Crippen MR) is 102 cm³/mol. The first-order chi connectivity index (χ1) is 10.7. The van der Waals surface area contributed by atoms with Gasteiger partial charge in [0.1, 0.15) is 0 Å². The number of carbonyl (C=O) groups is 2. The lowest BCUT2D eigenvalue weighted by atomic mass is 9.92. The Morgan fingerprint density at radius 3 is 2.71 bits per heavy atom. The lowest BCUT2D eigenvalue weighted by Crippen LogP contribution is -2.42. The SMILES string of the molecule is CN(CC(C)(C)CN)C(=O)C1CC(=O)N(c2cccc(Br)c2)C1.Cl. The fraction of sp³-hybridized carbons (Fsp3) is 0.529. The molecule has 1 aliphatic heterocycles. The maximum absolute atomic E-state index is 12.6. The highest BCUT2D eigenvalue weighted by Crippen LogP contribution is 2.28. The molecule has 1 saturated heterocycles. The van der Waals surface area contributed by atoms with Gasteiger partial charge in [0.25, 0.3) is 0 Å². The number of carbonyl (C=O) groups excluding carboxylic acids is 2. The minimum absolute atomic E-state index is 0. The van der Waals surface area contributed by atoms with Gasteiger partial charge < -0.3 is 15.5 Å². The first kappa shape index (κ1) is 20.9. The summed E-state index contributed by atoms with van der Waals surface area (Å²) in [4.78, 5) is 28.3. The highest BCUT2D eigenvalue weighted by molar-refractivity contribution is 9.10. The summed E-state index contributed by atoms with van der Waals surface area (Å²) in [5.41, 5.74) is 6.43. The smallest absolute Gasteiger partial charge is 0.227 e. The molecule has 1 atom stereocenters. The van der Waals surface area contributed by atoms with Crippen molar-refractivity contribution in [2.45, 2.75) is 20.3 Å². The summed E-state index contributed by atoms with van der Waals surface area (Å²) in [6.07, 6.45) is 0.263. The van der Waals surface area contributed by atoms with Gasteiger partial charge in [-0.3, -0.25) is 9.59 Å². The van der Waals surface area contributed by atoms with Crippen LogP contribution in [0.3, 0.4) is 0 Å². The molecule has 5 nitrogen and oxygen atoms in total. The lowest BCUT2D eigenvalue weighted by Gasteiger charge is -2.30. The molecule has 2 rings (SSSR count). The molecule has 0 aliphatic carbocycles. The van der Waals surface area contributed by atoms with Crippen molar-refractivity contribution in [1.82, 2.24) is 4.90 Å². The first-order valence-corrected chi connectivity index (χ1v) is 8.54. The molecule has 0 spiro atoms. The van der Waals surface area contributed by atoms with Crippen molar-refractivity contribution in [1.29, 1.82) is 0 Å². The summed E-state index contributed by atoms with van der Waals surface area (Å²) >= 11 is 3.41. The number of rotatable bonds is 5. The third-order valence-electron chi connectivity index (χ3n) is 4.19. The molecule has 0 radical (unpaired) electrons. The van der Waals surface area contributed by atoms with Gasteiger partial charge >= 0.3 is 0 Å². The second-order valence-electron chi connectivity index (χ2n) is 6.95. The predicted octanol–water partition coefficient (Wildman–Crippen LogP) is 2.67. The maximum Gasteiger partial charge on any atom is 0.227 e. The molecular formula is C17H25BrClN3O2. The summed E-state index contributed by atoms with van der Waals surface area (Å²) in [5, 5.41) is 0. The zero-order chi connectivity index (χ0) is 17.2. The van der Waals surface area contributed by atoms with Crippen LogP contribution in [0.4, 0.5) is 5.69 Å². The van der Waals surface area contributed by atoms with Gasteiger partial charge in [-0.05, 0) is 30.2 Å². The fourth-order valence-corrected chi connectivity index (χ4v) is 3.25. The van der Waals surface area contributed by atoms with E-state index in [9.17, 15) is 9.59 Å². The van der Waals surface area contributed by atoms with Crippen LogP contribution in [0.25, 0.3) is 0 Å². The number of anilines is 1. The van der Waals surface area contributed by atoms with Gasteiger partial charge in [0.2, 0.25) is 11.8 Å². The van der Waals surface area contributed by atoms with Crippen LogP contribution in [0.5, 0.6) is 0 Å². The van der Waals surface area contributed by atoms with Crippen molar-refractivity contribution in [2.75, 3.05) is 31.6 Å². The average Bonchev–Trinajstić information content (AvgIpc) is 2.88. The first-order valence-electron chi connectivity index (χ1n) is 7.74. The van der Waals surface area contributed by atoms with Crippen LogP contribution in [-0.2, 0) is 9.59 Å². The molecule has 2 N–H and O–H groups in total. The Kier molecular flexibility index (Phi) is 7.25. The Balaban J connectivity index is 0.00000288. The molecule has 1 aliphatic rings. The molecule has 0 saturated carbocycles. The van der Waals surface area contributed by atoms with Gasteiger partial charge in [-0.2, -0.15) is 0 Å². The summed E-state index contributed by atoms with van der Waals surface area (Å²) < 4.78 is 0.916. The lowest BCUT2D eigenvalue weighted by molar-refractivity contribution is -0.135. The third-order valence-corrected chi connectivity index (χ3v) is 4.68. The number of halogens is 2. The summed E-state index contributed by atoms with van der Waals surface area (Å²) in [6, 6.07) is 7.58. The van der Waals surface area contributed by atoms with Crippen molar-refractivity contribution in [2.24, 2.45) is 17.1 Å². The monoisotopic (exact) mass is 417 g/mol. The van der Waals surface area contributed by atoms with E-state index in [-0.39, 0.29) is 42.0 Å². The van der Waals surface area contributed by atoms with Crippen molar-refractivity contribution in [3.8, 4) is 0 Å². The molecule has 0 aromatic heterocycles. The topological polar surface area (TPSA) is 66.6 Å². The summed E-state index contributed by atoms with van der Waals surface area (Å²) in [7, 11) is 1.78. The number of nitrogens with zero attached hydrogens (tertiary/aromatic N) is 2. The molecule has 1 heterocycles. The van der Waals surface area contributed by atoms with Crippen molar-refractivity contribution < 1.29 is 9.59 Å². The van der Waals surface area contributed by atoms with Crippen LogP contribution in [0.15, 0.2) is 28.7 Å². The zero-order valence-corrected chi connectivity index (χ0v) is 16.7. The second-order valence-corrected chi connectivity index (χ2v) is 7.86. The Bertz CT molecular complexity index is 609. The number of benzene rings is 1. The molecule has 1 aromatic rings. The maximum atomic E-state index is 12.6. The number of nitrogens with two attached hydrogens (primary N) is 1. The quantitative estimate of drug-likeness (QED) is 0.799. The Labute approximate surface area is 158 Å². The fourth-order valence-electron chi connectivity index (χ4n) is 2.86. The minimum atomic E-state index is -0.292. The number of hydrogen-bond acceptors (Lipinski definition) is 3. The van der Waals surface area contributed by atoms with Gasteiger partial charge in [0.15, 0.2) is 0 Å². The average molecular weight is 419 g/mol. The van der Waals surface area contributed by atoms with E-state index in [0.29, 0.717) is 19.6 Å². The van der Waals surface area contributed by atoms with E-state index >= 15 is 0 Å². The van der Waals surface area contributed by atoms with Crippen molar-refractivity contribution >= 4 is 45.8 Å². The molecule has 24 heavy (non-hydrogen) atoms. The van der Waals surface area contributed by atoms with Crippen LogP contribution >= 0.6 is 28.3 Å². The van der Waals surface area contributed by atoms with E-state index < -0.39 is 0 Å². The van der Waals surface area contributed by atoms with E-state index in [1.807, 2.05) is 38.1 Å². The van der Waals surface area contributed by atoms with E-state index in [1.54, 1.807) is 16.8 Å². The summed E-state index contributed by atoms with van der Waals surface area (Å²) in [6.45, 7) is 5.60. The van der Waals surface area contributed by atoms with Crippen molar-refractivity contribution in [3.63, 3.8) is 0 Å². The highest BCUT2D eigenvalue weighted by Gasteiger charge is 2.37. The Hall–Kier alpha value is -1.11.